The fraction of sp³-hybridized carbons (Fsp3) is 1.00. The fourth-order valence-corrected chi connectivity index (χ4v) is 2.85. The number of nitrogens with two attached hydrogens (primary N) is 1. The largest absolute Gasteiger partial charge is 0.323 e. The highest BCUT2D eigenvalue weighted by Gasteiger charge is 2.41. The van der Waals surface area contributed by atoms with Crippen molar-refractivity contribution in [1.29, 1.82) is 0 Å². The zero-order valence-electron chi connectivity index (χ0n) is 9.63. The van der Waals surface area contributed by atoms with Gasteiger partial charge in [0.25, 0.3) is 0 Å². The molecule has 2 aliphatic rings. The van der Waals surface area contributed by atoms with Crippen LogP contribution in [0.2, 0.25) is 0 Å². The van der Waals surface area contributed by atoms with Gasteiger partial charge in [-0.15, -0.1) is 0 Å². The molecule has 1 saturated carbocycles. The van der Waals surface area contributed by atoms with Gasteiger partial charge in [-0.25, -0.2) is 0 Å². The van der Waals surface area contributed by atoms with Gasteiger partial charge in [0, 0.05) is 24.7 Å². The number of hydrogen-bond donors (Lipinski definition) is 1. The molecule has 2 rings (SSSR count). The average molecular weight is 196 g/mol. The van der Waals surface area contributed by atoms with Crippen molar-refractivity contribution in [2.24, 2.45) is 11.7 Å². The molecule has 14 heavy (non-hydrogen) atoms. The monoisotopic (exact) mass is 196 g/mol. The molecule has 1 saturated heterocycles. The molecule has 0 aromatic carbocycles. The van der Waals surface area contributed by atoms with Crippen molar-refractivity contribution in [2.75, 3.05) is 13.1 Å². The molecule has 0 aromatic heterocycles. The maximum absolute atomic E-state index is 6.18. The molecule has 2 heteroatoms. The van der Waals surface area contributed by atoms with Crippen molar-refractivity contribution in [3.05, 3.63) is 0 Å². The molecule has 1 aliphatic heterocycles. The lowest BCUT2D eigenvalue weighted by molar-refractivity contribution is 0.00773. The first-order valence-corrected chi connectivity index (χ1v) is 6.16. The van der Waals surface area contributed by atoms with E-state index in [0.717, 1.165) is 31.5 Å². The van der Waals surface area contributed by atoms with E-state index in [2.05, 4.69) is 18.7 Å². The molecule has 0 amide bonds. The van der Waals surface area contributed by atoms with E-state index in [1.807, 2.05) is 0 Å². The molecular formula is C12H24N2. The van der Waals surface area contributed by atoms with Gasteiger partial charge in [0.15, 0.2) is 0 Å². The maximum atomic E-state index is 6.18. The Morgan fingerprint density at radius 3 is 2.29 bits per heavy atom. The number of hydrogen-bond acceptors (Lipinski definition) is 2. The predicted molar refractivity (Wildman–Crippen MR) is 60.2 cm³/mol. The Bertz CT molecular complexity index is 188. The maximum Gasteiger partial charge on any atom is 0.0410 e. The third kappa shape index (κ3) is 1.96. The summed E-state index contributed by atoms with van der Waals surface area (Å²) in [7, 11) is 0. The van der Waals surface area contributed by atoms with E-state index in [4.69, 9.17) is 5.73 Å². The van der Waals surface area contributed by atoms with Gasteiger partial charge in [0.2, 0.25) is 0 Å². The van der Waals surface area contributed by atoms with Crippen LogP contribution in [0, 0.1) is 5.92 Å². The minimum Gasteiger partial charge on any atom is -0.323 e. The first kappa shape index (κ1) is 10.4. The van der Waals surface area contributed by atoms with E-state index >= 15 is 0 Å². The van der Waals surface area contributed by atoms with Gasteiger partial charge in [-0.2, -0.15) is 0 Å². The molecule has 2 nitrogen and oxygen atoms in total. The Morgan fingerprint density at radius 2 is 1.79 bits per heavy atom. The summed E-state index contributed by atoms with van der Waals surface area (Å²) in [5.41, 5.74) is 6.34. The van der Waals surface area contributed by atoms with Crippen LogP contribution in [0.1, 0.15) is 46.0 Å². The third-order valence-electron chi connectivity index (χ3n) is 4.24. The molecule has 0 radical (unpaired) electrons. The third-order valence-corrected chi connectivity index (χ3v) is 4.24. The van der Waals surface area contributed by atoms with E-state index in [0.29, 0.717) is 0 Å². The molecule has 2 N–H and O–H groups in total. The van der Waals surface area contributed by atoms with Crippen LogP contribution >= 0.6 is 0 Å². The summed E-state index contributed by atoms with van der Waals surface area (Å²) in [5.74, 6) is 0.960. The minimum absolute atomic E-state index is 0.156. The topological polar surface area (TPSA) is 29.3 Å². The van der Waals surface area contributed by atoms with Crippen LogP contribution in [0.3, 0.4) is 0 Å². The van der Waals surface area contributed by atoms with Crippen LogP contribution in [0.25, 0.3) is 0 Å². The summed E-state index contributed by atoms with van der Waals surface area (Å²) < 4.78 is 0. The van der Waals surface area contributed by atoms with Crippen LogP contribution in [0.4, 0.5) is 0 Å². The van der Waals surface area contributed by atoms with Crippen molar-refractivity contribution in [2.45, 2.75) is 57.5 Å². The van der Waals surface area contributed by atoms with Gasteiger partial charge < -0.3 is 5.73 Å². The highest BCUT2D eigenvalue weighted by Crippen LogP contribution is 2.32. The second-order valence-electron chi connectivity index (χ2n) is 5.53. The van der Waals surface area contributed by atoms with Crippen molar-refractivity contribution in [3.63, 3.8) is 0 Å². The van der Waals surface area contributed by atoms with Gasteiger partial charge in [0.05, 0.1) is 0 Å². The highest BCUT2D eigenvalue weighted by atomic mass is 15.3. The number of rotatable bonds is 2. The van der Waals surface area contributed by atoms with E-state index in [9.17, 15) is 0 Å². The molecule has 0 atom stereocenters. The second-order valence-corrected chi connectivity index (χ2v) is 5.53. The lowest BCUT2D eigenvalue weighted by Crippen LogP contribution is -2.69. The van der Waals surface area contributed by atoms with E-state index < -0.39 is 0 Å². The molecule has 82 valence electrons. The zero-order valence-corrected chi connectivity index (χ0v) is 9.63. The summed E-state index contributed by atoms with van der Waals surface area (Å²) in [6.45, 7) is 6.87. The van der Waals surface area contributed by atoms with Crippen LogP contribution in [-0.2, 0) is 0 Å². The Kier molecular flexibility index (Phi) is 2.85. The van der Waals surface area contributed by atoms with Gasteiger partial charge in [0.1, 0.15) is 0 Å². The molecule has 0 unspecified atom stereocenters. The van der Waals surface area contributed by atoms with Gasteiger partial charge in [-0.1, -0.05) is 13.8 Å². The summed E-state index contributed by atoms with van der Waals surface area (Å²) in [4.78, 5) is 2.61. The summed E-state index contributed by atoms with van der Waals surface area (Å²) in [6, 6.07) is 0.856. The predicted octanol–water partition coefficient (Wildman–Crippen LogP) is 1.99. The van der Waals surface area contributed by atoms with Crippen LogP contribution in [0.5, 0.6) is 0 Å². The Hall–Kier alpha value is -0.0800. The number of likely N-dealkylation sites (tertiary alicyclic amines) is 1. The van der Waals surface area contributed by atoms with Crippen molar-refractivity contribution < 1.29 is 0 Å². The quantitative estimate of drug-likeness (QED) is 0.732. The Morgan fingerprint density at radius 1 is 1.21 bits per heavy atom. The Labute approximate surface area is 87.8 Å². The minimum atomic E-state index is 0.156. The standard InChI is InChI=1S/C12H24N2/c1-3-12(13)8-14(9-12)11-6-4-10(2)5-7-11/h10-11H,3-9,13H2,1-2H3. The van der Waals surface area contributed by atoms with Crippen LogP contribution < -0.4 is 5.73 Å². The molecule has 0 bridgehead atoms. The SMILES string of the molecule is CCC1(N)CN(C2CCC(C)CC2)C1. The van der Waals surface area contributed by atoms with E-state index in [1.165, 1.54) is 25.7 Å². The van der Waals surface area contributed by atoms with Gasteiger partial charge in [-0.05, 0) is 38.0 Å². The molecule has 2 fully saturated rings. The molecular weight excluding hydrogens is 172 g/mol. The van der Waals surface area contributed by atoms with Crippen LogP contribution in [0.15, 0.2) is 0 Å². The van der Waals surface area contributed by atoms with Crippen LogP contribution in [-0.4, -0.2) is 29.6 Å². The first-order chi connectivity index (χ1) is 6.63. The normalized spacial score (nSPS) is 37.9. The van der Waals surface area contributed by atoms with E-state index in [1.54, 1.807) is 0 Å². The molecule has 0 spiro atoms. The fourth-order valence-electron chi connectivity index (χ4n) is 2.85. The van der Waals surface area contributed by atoms with Gasteiger partial charge >= 0.3 is 0 Å². The van der Waals surface area contributed by atoms with Crippen molar-refractivity contribution in [1.82, 2.24) is 4.90 Å². The number of nitrogens with zero attached hydrogens (tertiary/aromatic N) is 1. The Balaban J connectivity index is 1.77. The van der Waals surface area contributed by atoms with Crippen molar-refractivity contribution >= 4 is 0 Å². The van der Waals surface area contributed by atoms with Crippen molar-refractivity contribution in [3.8, 4) is 0 Å². The highest BCUT2D eigenvalue weighted by molar-refractivity contribution is 5.01. The summed E-state index contributed by atoms with van der Waals surface area (Å²) >= 11 is 0. The molecule has 1 aliphatic carbocycles. The summed E-state index contributed by atoms with van der Waals surface area (Å²) in [5, 5.41) is 0. The lowest BCUT2D eigenvalue weighted by atomic mass is 9.81. The molecule has 0 aromatic rings. The zero-order chi connectivity index (χ0) is 10.2. The van der Waals surface area contributed by atoms with E-state index in [-0.39, 0.29) is 5.54 Å². The molecule has 1 heterocycles. The second kappa shape index (κ2) is 3.82. The lowest BCUT2D eigenvalue weighted by Gasteiger charge is -2.52. The smallest absolute Gasteiger partial charge is 0.0410 e. The van der Waals surface area contributed by atoms with Gasteiger partial charge in [-0.3, -0.25) is 4.90 Å². The summed E-state index contributed by atoms with van der Waals surface area (Å²) in [6.07, 6.45) is 6.78. The first-order valence-electron chi connectivity index (χ1n) is 6.16. The average Bonchev–Trinajstić information content (AvgIpc) is 2.15.